The van der Waals surface area contributed by atoms with E-state index in [1.807, 2.05) is 0 Å². The maximum absolute atomic E-state index is 11.6. The molecular weight excluding hydrogens is 196 g/mol. The molecule has 0 aromatic rings. The Balaban J connectivity index is 1.77. The number of ether oxygens (including phenoxy) is 3. The minimum absolute atomic E-state index is 0.0358. The Hall–Kier alpha value is -0.450. The summed E-state index contributed by atoms with van der Waals surface area (Å²) in [6.07, 6.45) is 4.83. The Labute approximate surface area is 88.9 Å². The van der Waals surface area contributed by atoms with E-state index < -0.39 is 5.79 Å². The predicted octanol–water partition coefficient (Wildman–Crippen LogP) is 1.03. The molecule has 0 radical (unpaired) electrons. The van der Waals surface area contributed by atoms with Crippen LogP contribution < -0.4 is 0 Å². The summed E-state index contributed by atoms with van der Waals surface area (Å²) in [5, 5.41) is 0. The van der Waals surface area contributed by atoms with E-state index >= 15 is 0 Å². The summed E-state index contributed by atoms with van der Waals surface area (Å²) in [6, 6.07) is 0. The van der Waals surface area contributed by atoms with Crippen molar-refractivity contribution >= 4 is 5.78 Å². The van der Waals surface area contributed by atoms with Crippen molar-refractivity contribution in [2.45, 2.75) is 50.1 Å². The van der Waals surface area contributed by atoms with Crippen molar-refractivity contribution in [3.63, 3.8) is 0 Å². The molecule has 1 aliphatic carbocycles. The Morgan fingerprint density at radius 2 is 1.93 bits per heavy atom. The van der Waals surface area contributed by atoms with Gasteiger partial charge in [-0.1, -0.05) is 6.42 Å². The highest BCUT2D eigenvalue weighted by Crippen LogP contribution is 2.41. The second kappa shape index (κ2) is 3.54. The Morgan fingerprint density at radius 3 is 2.67 bits per heavy atom. The van der Waals surface area contributed by atoms with E-state index in [0.29, 0.717) is 6.61 Å². The van der Waals surface area contributed by atoms with Crippen molar-refractivity contribution < 1.29 is 19.0 Å². The SMILES string of the molecule is O=C1COC[C@@H]2OC3(CCCCC3)O[C@H]12. The van der Waals surface area contributed by atoms with Crippen molar-refractivity contribution in [3.05, 3.63) is 0 Å². The minimum atomic E-state index is -0.461. The van der Waals surface area contributed by atoms with Gasteiger partial charge in [0.05, 0.1) is 6.61 Å². The number of carbonyl (C=O) groups is 1. The normalized spacial score (nSPS) is 39.3. The van der Waals surface area contributed by atoms with Crippen molar-refractivity contribution in [1.29, 1.82) is 0 Å². The van der Waals surface area contributed by atoms with Crippen LogP contribution in [0.3, 0.4) is 0 Å². The third-order valence-corrected chi connectivity index (χ3v) is 3.50. The zero-order chi connectivity index (χ0) is 10.3. The number of hydrogen-bond acceptors (Lipinski definition) is 4. The maximum Gasteiger partial charge on any atom is 0.189 e. The topological polar surface area (TPSA) is 44.8 Å². The minimum Gasteiger partial charge on any atom is -0.371 e. The molecule has 4 heteroatoms. The van der Waals surface area contributed by atoms with Crippen LogP contribution in [0.2, 0.25) is 0 Å². The fourth-order valence-corrected chi connectivity index (χ4v) is 2.75. The van der Waals surface area contributed by atoms with Gasteiger partial charge < -0.3 is 14.2 Å². The highest BCUT2D eigenvalue weighted by Gasteiger charge is 2.51. The average Bonchev–Trinajstić information content (AvgIpc) is 2.59. The van der Waals surface area contributed by atoms with E-state index in [-0.39, 0.29) is 24.6 Å². The number of carbonyl (C=O) groups excluding carboxylic acids is 1. The quantitative estimate of drug-likeness (QED) is 0.601. The van der Waals surface area contributed by atoms with Crippen LogP contribution in [0.5, 0.6) is 0 Å². The largest absolute Gasteiger partial charge is 0.371 e. The predicted molar refractivity (Wildman–Crippen MR) is 51.4 cm³/mol. The smallest absolute Gasteiger partial charge is 0.189 e. The molecule has 84 valence electrons. The van der Waals surface area contributed by atoms with Gasteiger partial charge in [0.2, 0.25) is 0 Å². The van der Waals surface area contributed by atoms with Crippen LogP contribution in [-0.4, -0.2) is 37.0 Å². The Bertz CT molecular complexity index is 270. The summed E-state index contributed by atoms with van der Waals surface area (Å²) in [5.41, 5.74) is 0. The molecule has 3 rings (SSSR count). The summed E-state index contributed by atoms with van der Waals surface area (Å²) in [4.78, 5) is 11.6. The number of Topliss-reactive ketones (excluding diaryl/α,β-unsaturated/α-hetero) is 1. The molecule has 0 N–H and O–H groups in total. The van der Waals surface area contributed by atoms with E-state index in [1.54, 1.807) is 0 Å². The van der Waals surface area contributed by atoms with Gasteiger partial charge in [0.1, 0.15) is 18.8 Å². The highest BCUT2D eigenvalue weighted by molar-refractivity contribution is 5.85. The fraction of sp³-hybridized carbons (Fsp3) is 0.909. The first-order valence-electron chi connectivity index (χ1n) is 5.75. The van der Waals surface area contributed by atoms with Crippen LogP contribution in [0, 0.1) is 0 Å². The molecule has 3 aliphatic rings. The third-order valence-electron chi connectivity index (χ3n) is 3.50. The molecule has 0 unspecified atom stereocenters. The first-order valence-corrected chi connectivity index (χ1v) is 5.75. The number of ketones is 1. The average molecular weight is 212 g/mol. The first-order chi connectivity index (χ1) is 7.29. The zero-order valence-electron chi connectivity index (χ0n) is 8.74. The molecule has 1 spiro atoms. The lowest BCUT2D eigenvalue weighted by Crippen LogP contribution is -2.42. The molecule has 1 saturated carbocycles. The van der Waals surface area contributed by atoms with Gasteiger partial charge >= 0.3 is 0 Å². The summed E-state index contributed by atoms with van der Waals surface area (Å²) >= 11 is 0. The number of fused-ring (bicyclic) bond motifs is 1. The third kappa shape index (κ3) is 1.61. The highest BCUT2D eigenvalue weighted by atomic mass is 16.8. The van der Waals surface area contributed by atoms with Gasteiger partial charge in [-0.25, -0.2) is 0 Å². The van der Waals surface area contributed by atoms with Crippen LogP contribution in [0.15, 0.2) is 0 Å². The summed E-state index contributed by atoms with van der Waals surface area (Å²) in [5.74, 6) is -0.426. The second-order valence-electron chi connectivity index (χ2n) is 4.65. The van der Waals surface area contributed by atoms with Crippen LogP contribution in [0.25, 0.3) is 0 Å². The Morgan fingerprint density at radius 1 is 1.13 bits per heavy atom. The van der Waals surface area contributed by atoms with Crippen molar-refractivity contribution in [2.75, 3.05) is 13.2 Å². The molecule has 2 heterocycles. The van der Waals surface area contributed by atoms with Crippen molar-refractivity contribution in [3.8, 4) is 0 Å². The molecule has 0 amide bonds. The van der Waals surface area contributed by atoms with Crippen LogP contribution in [0.4, 0.5) is 0 Å². The van der Waals surface area contributed by atoms with Gasteiger partial charge in [0, 0.05) is 12.8 Å². The van der Waals surface area contributed by atoms with Crippen LogP contribution in [-0.2, 0) is 19.0 Å². The molecular formula is C11H16O4. The molecule has 3 fully saturated rings. The van der Waals surface area contributed by atoms with E-state index in [1.165, 1.54) is 6.42 Å². The number of hydrogen-bond donors (Lipinski definition) is 0. The van der Waals surface area contributed by atoms with E-state index in [0.717, 1.165) is 25.7 Å². The van der Waals surface area contributed by atoms with Crippen molar-refractivity contribution in [1.82, 2.24) is 0 Å². The van der Waals surface area contributed by atoms with Crippen LogP contribution in [0.1, 0.15) is 32.1 Å². The first kappa shape index (κ1) is 9.75. The molecule has 2 atom stereocenters. The summed E-state index contributed by atoms with van der Waals surface area (Å²) in [6.45, 7) is 0.679. The molecule has 15 heavy (non-hydrogen) atoms. The maximum atomic E-state index is 11.6. The van der Waals surface area contributed by atoms with Gasteiger partial charge in [0.15, 0.2) is 11.6 Å². The van der Waals surface area contributed by atoms with Gasteiger partial charge in [-0.2, -0.15) is 0 Å². The fourth-order valence-electron chi connectivity index (χ4n) is 2.75. The van der Waals surface area contributed by atoms with Crippen molar-refractivity contribution in [2.24, 2.45) is 0 Å². The lowest BCUT2D eigenvalue weighted by Gasteiger charge is -2.31. The molecule has 0 bridgehead atoms. The van der Waals surface area contributed by atoms with Gasteiger partial charge in [-0.15, -0.1) is 0 Å². The molecule has 0 aromatic heterocycles. The van der Waals surface area contributed by atoms with E-state index in [2.05, 4.69) is 0 Å². The molecule has 4 nitrogen and oxygen atoms in total. The van der Waals surface area contributed by atoms with Crippen LogP contribution >= 0.6 is 0 Å². The lowest BCUT2D eigenvalue weighted by molar-refractivity contribution is -0.194. The standard InChI is InChI=1S/C11H16O4/c12-8-6-13-7-9-10(8)15-11(14-9)4-2-1-3-5-11/h9-10H,1-7H2/t9-,10+/m0/s1. The summed E-state index contributed by atoms with van der Waals surface area (Å²) in [7, 11) is 0. The molecule has 2 aliphatic heterocycles. The molecule has 2 saturated heterocycles. The van der Waals surface area contributed by atoms with Gasteiger partial charge in [-0.05, 0) is 12.8 Å². The lowest BCUT2D eigenvalue weighted by atomic mass is 9.94. The Kier molecular flexibility index (Phi) is 2.30. The second-order valence-corrected chi connectivity index (χ2v) is 4.65. The zero-order valence-corrected chi connectivity index (χ0v) is 8.74. The van der Waals surface area contributed by atoms with E-state index in [4.69, 9.17) is 14.2 Å². The summed E-state index contributed by atoms with van der Waals surface area (Å²) < 4.78 is 16.9. The van der Waals surface area contributed by atoms with E-state index in [9.17, 15) is 4.79 Å². The van der Waals surface area contributed by atoms with Gasteiger partial charge in [0.25, 0.3) is 0 Å². The number of rotatable bonds is 0. The molecule has 0 aromatic carbocycles. The van der Waals surface area contributed by atoms with Gasteiger partial charge in [-0.3, -0.25) is 4.79 Å². The monoisotopic (exact) mass is 212 g/mol.